The van der Waals surface area contributed by atoms with Gasteiger partial charge in [0.1, 0.15) is 0 Å². The molecule has 0 atom stereocenters. The van der Waals surface area contributed by atoms with Crippen molar-refractivity contribution in [1.29, 1.82) is 0 Å². The smallest absolute Gasteiger partial charge is 0.370 e. The van der Waals surface area contributed by atoms with Gasteiger partial charge in [-0.1, -0.05) is 13.8 Å². The fourth-order valence-corrected chi connectivity index (χ4v) is 2.64. The van der Waals surface area contributed by atoms with Gasteiger partial charge in [-0.2, -0.15) is 13.2 Å². The summed E-state index contributed by atoms with van der Waals surface area (Å²) >= 11 is 0. The maximum Gasteiger partial charge on any atom is 0.416 e. The summed E-state index contributed by atoms with van der Waals surface area (Å²) in [7, 11) is 3.02. The van der Waals surface area contributed by atoms with Gasteiger partial charge in [-0.05, 0) is 44.1 Å². The van der Waals surface area contributed by atoms with Crippen LogP contribution < -0.4 is 16.1 Å². The zero-order chi connectivity index (χ0) is 20.4. The number of anilines is 2. The molecule has 27 heavy (non-hydrogen) atoms. The molecule has 154 valence electrons. The first-order valence-electron chi connectivity index (χ1n) is 9.01. The Morgan fingerprint density at radius 1 is 1.19 bits per heavy atom. The lowest BCUT2D eigenvalue weighted by molar-refractivity contribution is -0.137. The number of benzene rings is 1. The largest absolute Gasteiger partial charge is 0.416 e. The van der Waals surface area contributed by atoms with Crippen molar-refractivity contribution < 1.29 is 18.0 Å². The highest BCUT2D eigenvalue weighted by molar-refractivity contribution is 5.95. The number of hydrogen-bond donors (Lipinski definition) is 2. The summed E-state index contributed by atoms with van der Waals surface area (Å²) in [5.74, 6) is 0.0630. The van der Waals surface area contributed by atoms with Gasteiger partial charge in [0, 0.05) is 13.6 Å². The number of nitrogens with zero attached hydrogens (tertiary/aromatic N) is 3. The van der Waals surface area contributed by atoms with Crippen LogP contribution in [0.1, 0.15) is 32.3 Å². The standard InChI is InChI=1S/C18H30F3N5O/c1-5-10-26(11-6-2)12-9-23-17(22)24-15-13-14(18(19,20)21)7-8-16(15)25(3)27-4/h7-8,13H,5-6,9-12H2,1-4H3,(H3,22,23,24). The van der Waals surface area contributed by atoms with Gasteiger partial charge in [-0.15, -0.1) is 0 Å². The molecule has 0 spiro atoms. The Balaban J connectivity index is 2.90. The molecule has 0 saturated heterocycles. The van der Waals surface area contributed by atoms with Crippen LogP contribution in [0.5, 0.6) is 0 Å². The highest BCUT2D eigenvalue weighted by Crippen LogP contribution is 2.35. The second kappa shape index (κ2) is 11.0. The zero-order valence-corrected chi connectivity index (χ0v) is 16.4. The third-order valence-corrected chi connectivity index (χ3v) is 3.98. The predicted octanol–water partition coefficient (Wildman–Crippen LogP) is 3.55. The number of halogens is 3. The molecule has 1 aromatic rings. The molecule has 6 nitrogen and oxygen atoms in total. The van der Waals surface area contributed by atoms with Gasteiger partial charge in [-0.3, -0.25) is 14.9 Å². The van der Waals surface area contributed by atoms with Crippen molar-refractivity contribution in [3.8, 4) is 0 Å². The summed E-state index contributed by atoms with van der Waals surface area (Å²) < 4.78 is 39.1. The Kier molecular flexibility index (Phi) is 9.37. The lowest BCUT2D eigenvalue weighted by Gasteiger charge is -2.22. The Labute approximate surface area is 159 Å². The molecule has 0 heterocycles. The third kappa shape index (κ3) is 7.64. The van der Waals surface area contributed by atoms with Crippen molar-refractivity contribution in [2.75, 3.05) is 50.7 Å². The number of hydrogen-bond acceptors (Lipinski definition) is 4. The van der Waals surface area contributed by atoms with Crippen molar-refractivity contribution in [2.45, 2.75) is 32.9 Å². The molecule has 1 aromatic carbocycles. The van der Waals surface area contributed by atoms with E-state index in [1.165, 1.54) is 18.2 Å². The first kappa shape index (κ1) is 23.0. The summed E-state index contributed by atoms with van der Waals surface area (Å²) in [6.07, 6.45) is -2.35. The summed E-state index contributed by atoms with van der Waals surface area (Å²) in [4.78, 5) is 11.6. The van der Waals surface area contributed by atoms with Crippen LogP contribution in [0.25, 0.3) is 0 Å². The Morgan fingerprint density at radius 3 is 2.33 bits per heavy atom. The lowest BCUT2D eigenvalue weighted by atomic mass is 10.1. The van der Waals surface area contributed by atoms with Crippen LogP contribution in [-0.2, 0) is 11.0 Å². The van der Waals surface area contributed by atoms with Crippen LogP contribution in [0.3, 0.4) is 0 Å². The van der Waals surface area contributed by atoms with Crippen LogP contribution in [0.4, 0.5) is 24.5 Å². The molecule has 1 rings (SSSR count). The lowest BCUT2D eigenvalue weighted by Crippen LogP contribution is -2.30. The Morgan fingerprint density at radius 2 is 1.81 bits per heavy atom. The zero-order valence-electron chi connectivity index (χ0n) is 16.4. The van der Waals surface area contributed by atoms with E-state index in [-0.39, 0.29) is 11.6 Å². The minimum Gasteiger partial charge on any atom is -0.370 e. The normalized spacial score (nSPS) is 12.5. The molecule has 0 aliphatic carbocycles. The van der Waals surface area contributed by atoms with Crippen LogP contribution in [0, 0.1) is 0 Å². The molecule has 0 amide bonds. The molecule has 3 N–H and O–H groups in total. The molecule has 0 bridgehead atoms. The molecule has 0 unspecified atom stereocenters. The summed E-state index contributed by atoms with van der Waals surface area (Å²) in [5, 5.41) is 4.11. The van der Waals surface area contributed by atoms with Gasteiger partial charge in [0.05, 0.1) is 30.6 Å². The number of nitrogens with two attached hydrogens (primary N) is 1. The second-order valence-electron chi connectivity index (χ2n) is 6.14. The van der Waals surface area contributed by atoms with Gasteiger partial charge in [0.15, 0.2) is 5.96 Å². The van der Waals surface area contributed by atoms with Crippen LogP contribution >= 0.6 is 0 Å². The molecular formula is C18H30F3N5O. The molecule has 0 fully saturated rings. The molecule has 0 aliphatic heterocycles. The molecule has 0 aromatic heterocycles. The Bertz CT molecular complexity index is 601. The Hall–Kier alpha value is -2.00. The monoisotopic (exact) mass is 389 g/mol. The minimum atomic E-state index is -4.45. The number of hydroxylamine groups is 1. The summed E-state index contributed by atoms with van der Waals surface area (Å²) in [6.45, 7) is 7.40. The minimum absolute atomic E-state index is 0.0630. The van der Waals surface area contributed by atoms with Crippen molar-refractivity contribution >= 4 is 17.3 Å². The number of guanidine groups is 1. The van der Waals surface area contributed by atoms with E-state index in [0.717, 1.165) is 44.6 Å². The van der Waals surface area contributed by atoms with E-state index in [0.29, 0.717) is 12.2 Å². The van der Waals surface area contributed by atoms with E-state index < -0.39 is 11.7 Å². The van der Waals surface area contributed by atoms with Crippen molar-refractivity contribution in [3.05, 3.63) is 23.8 Å². The van der Waals surface area contributed by atoms with E-state index in [2.05, 4.69) is 29.1 Å². The quantitative estimate of drug-likeness (QED) is 0.364. The summed E-state index contributed by atoms with van der Waals surface area (Å²) in [6, 6.07) is 3.32. The first-order chi connectivity index (χ1) is 12.7. The molecule has 0 aliphatic rings. The number of alkyl halides is 3. The van der Waals surface area contributed by atoms with Gasteiger partial charge < -0.3 is 16.0 Å². The van der Waals surface area contributed by atoms with Gasteiger partial charge in [-0.25, -0.2) is 0 Å². The predicted molar refractivity (Wildman–Crippen MR) is 104 cm³/mol. The van der Waals surface area contributed by atoms with E-state index in [9.17, 15) is 13.2 Å². The van der Waals surface area contributed by atoms with Crippen LogP contribution in [0.2, 0.25) is 0 Å². The van der Waals surface area contributed by atoms with Gasteiger partial charge in [0.2, 0.25) is 0 Å². The molecule has 0 radical (unpaired) electrons. The fourth-order valence-electron chi connectivity index (χ4n) is 2.64. The first-order valence-corrected chi connectivity index (χ1v) is 9.01. The fraction of sp³-hybridized carbons (Fsp3) is 0.611. The van der Waals surface area contributed by atoms with Gasteiger partial charge >= 0.3 is 6.18 Å². The topological polar surface area (TPSA) is 66.1 Å². The van der Waals surface area contributed by atoms with E-state index in [4.69, 9.17) is 10.6 Å². The highest BCUT2D eigenvalue weighted by atomic mass is 19.4. The maximum atomic E-state index is 13.0. The maximum absolute atomic E-state index is 13.0. The SMILES string of the molecule is CCCN(CCC)CCN=C(N)Nc1cc(C(F)(F)F)ccc1N(C)OC. The average Bonchev–Trinajstić information content (AvgIpc) is 2.60. The van der Waals surface area contributed by atoms with Crippen molar-refractivity contribution in [1.82, 2.24) is 4.90 Å². The van der Waals surface area contributed by atoms with Crippen LogP contribution in [0.15, 0.2) is 23.2 Å². The number of rotatable bonds is 10. The van der Waals surface area contributed by atoms with Crippen molar-refractivity contribution in [2.24, 2.45) is 10.7 Å². The van der Waals surface area contributed by atoms with E-state index in [1.54, 1.807) is 7.05 Å². The number of nitrogens with one attached hydrogen (secondary N) is 1. The van der Waals surface area contributed by atoms with E-state index >= 15 is 0 Å². The number of aliphatic imine (C=N–C) groups is 1. The highest BCUT2D eigenvalue weighted by Gasteiger charge is 2.31. The molecular weight excluding hydrogens is 359 g/mol. The van der Waals surface area contributed by atoms with E-state index in [1.807, 2.05) is 0 Å². The van der Waals surface area contributed by atoms with Gasteiger partial charge in [0.25, 0.3) is 0 Å². The third-order valence-electron chi connectivity index (χ3n) is 3.98. The molecule has 0 saturated carbocycles. The van der Waals surface area contributed by atoms with Crippen molar-refractivity contribution in [3.63, 3.8) is 0 Å². The average molecular weight is 389 g/mol. The second-order valence-corrected chi connectivity index (χ2v) is 6.14. The van der Waals surface area contributed by atoms with Crippen LogP contribution in [-0.4, -0.2) is 51.2 Å². The molecule has 9 heteroatoms. The summed E-state index contributed by atoms with van der Waals surface area (Å²) in [5.41, 5.74) is 5.71.